The van der Waals surface area contributed by atoms with Crippen LogP contribution >= 0.6 is 23.4 Å². The van der Waals surface area contributed by atoms with E-state index in [0.717, 1.165) is 32.7 Å². The molecule has 0 radical (unpaired) electrons. The maximum atomic E-state index is 6.33. The molecule has 1 N–H and O–H groups in total. The Balaban J connectivity index is 1.67. The molecule has 104 valence electrons. The third kappa shape index (κ3) is 3.72. The summed E-state index contributed by atoms with van der Waals surface area (Å²) >= 11 is 7.86. The normalized spacial score (nSPS) is 14.5. The van der Waals surface area contributed by atoms with Gasteiger partial charge in [-0.05, 0) is 54.8 Å². The van der Waals surface area contributed by atoms with Crippen LogP contribution in [0.15, 0.2) is 40.6 Å². The number of halogens is 1. The van der Waals surface area contributed by atoms with Crippen LogP contribution in [-0.2, 0) is 6.54 Å². The van der Waals surface area contributed by atoms with Gasteiger partial charge in [0, 0.05) is 34.9 Å². The van der Waals surface area contributed by atoms with Crippen LogP contribution in [0.3, 0.4) is 0 Å². The van der Waals surface area contributed by atoms with Crippen LogP contribution in [0, 0.1) is 6.92 Å². The van der Waals surface area contributed by atoms with Crippen LogP contribution in [0.1, 0.15) is 24.0 Å². The third-order valence-electron chi connectivity index (χ3n) is 3.15. The van der Waals surface area contributed by atoms with E-state index in [-0.39, 0.29) is 0 Å². The molecule has 20 heavy (non-hydrogen) atoms. The molecule has 1 fully saturated rings. The highest BCUT2D eigenvalue weighted by Gasteiger charge is 2.20. The predicted molar refractivity (Wildman–Crippen MR) is 82.2 cm³/mol. The summed E-state index contributed by atoms with van der Waals surface area (Å²) in [6, 6.07) is 6.83. The molecule has 1 aliphatic rings. The van der Waals surface area contributed by atoms with Gasteiger partial charge in [0.15, 0.2) is 5.16 Å². The quantitative estimate of drug-likeness (QED) is 0.852. The van der Waals surface area contributed by atoms with Crippen molar-refractivity contribution >= 4 is 23.4 Å². The van der Waals surface area contributed by atoms with E-state index >= 15 is 0 Å². The zero-order valence-electron chi connectivity index (χ0n) is 11.3. The Labute approximate surface area is 128 Å². The second-order valence-corrected chi connectivity index (χ2v) is 6.50. The number of aromatic nitrogens is 2. The van der Waals surface area contributed by atoms with Crippen LogP contribution in [-0.4, -0.2) is 16.0 Å². The fraction of sp³-hybridized carbons (Fsp3) is 0.333. The lowest BCUT2D eigenvalue weighted by Crippen LogP contribution is -2.15. The number of benzene rings is 1. The largest absolute Gasteiger partial charge is 0.310 e. The van der Waals surface area contributed by atoms with Gasteiger partial charge < -0.3 is 5.32 Å². The molecule has 0 spiro atoms. The van der Waals surface area contributed by atoms with Gasteiger partial charge >= 0.3 is 0 Å². The zero-order valence-corrected chi connectivity index (χ0v) is 12.8. The molecule has 1 aromatic heterocycles. The van der Waals surface area contributed by atoms with Gasteiger partial charge in [-0.25, -0.2) is 9.97 Å². The Morgan fingerprint density at radius 3 is 2.70 bits per heavy atom. The van der Waals surface area contributed by atoms with E-state index in [9.17, 15) is 0 Å². The number of hydrogen-bond acceptors (Lipinski definition) is 4. The third-order valence-corrected chi connectivity index (χ3v) is 4.38. The lowest BCUT2D eigenvalue weighted by atomic mass is 10.2. The maximum absolute atomic E-state index is 6.33. The minimum Gasteiger partial charge on any atom is -0.310 e. The molecule has 0 bridgehead atoms. The van der Waals surface area contributed by atoms with E-state index in [2.05, 4.69) is 27.4 Å². The minimum absolute atomic E-state index is 0.695. The van der Waals surface area contributed by atoms with Crippen molar-refractivity contribution in [3.8, 4) is 0 Å². The van der Waals surface area contributed by atoms with Crippen LogP contribution < -0.4 is 5.32 Å². The summed E-state index contributed by atoms with van der Waals surface area (Å²) in [5.41, 5.74) is 2.21. The van der Waals surface area contributed by atoms with Gasteiger partial charge in [0.2, 0.25) is 0 Å². The van der Waals surface area contributed by atoms with Crippen LogP contribution in [0.2, 0.25) is 5.02 Å². The fourth-order valence-corrected chi connectivity index (χ4v) is 2.86. The standard InChI is InChI=1S/C15H16ClN3S/c1-10-7-18-15(19-8-10)20-13-5-2-11(14(16)6-13)9-17-12-3-4-12/h2,5-8,12,17H,3-4,9H2,1H3. The van der Waals surface area contributed by atoms with E-state index in [0.29, 0.717) is 6.04 Å². The van der Waals surface area contributed by atoms with Crippen molar-refractivity contribution in [3.63, 3.8) is 0 Å². The molecule has 1 aliphatic carbocycles. The number of aryl methyl sites for hydroxylation is 1. The van der Waals surface area contributed by atoms with Crippen LogP contribution in [0.4, 0.5) is 0 Å². The first-order valence-corrected chi connectivity index (χ1v) is 7.88. The zero-order chi connectivity index (χ0) is 13.9. The van der Waals surface area contributed by atoms with Crippen molar-refractivity contribution < 1.29 is 0 Å². The first-order valence-electron chi connectivity index (χ1n) is 6.69. The van der Waals surface area contributed by atoms with Crippen LogP contribution in [0.25, 0.3) is 0 Å². The van der Waals surface area contributed by atoms with Crippen molar-refractivity contribution in [2.75, 3.05) is 0 Å². The number of rotatable bonds is 5. The highest BCUT2D eigenvalue weighted by Crippen LogP contribution is 2.29. The van der Waals surface area contributed by atoms with Crippen molar-refractivity contribution in [2.24, 2.45) is 0 Å². The molecule has 0 saturated heterocycles. The minimum atomic E-state index is 0.695. The lowest BCUT2D eigenvalue weighted by Gasteiger charge is -2.07. The molecule has 1 saturated carbocycles. The SMILES string of the molecule is Cc1cnc(Sc2ccc(CNC3CC3)c(Cl)c2)nc1. The van der Waals surface area contributed by atoms with E-state index < -0.39 is 0 Å². The van der Waals surface area contributed by atoms with Gasteiger partial charge in [0.05, 0.1) is 0 Å². The molecule has 2 aromatic rings. The molecule has 5 heteroatoms. The molecule has 0 amide bonds. The van der Waals surface area contributed by atoms with Crippen LogP contribution in [0.5, 0.6) is 0 Å². The summed E-state index contributed by atoms with van der Waals surface area (Å²) in [6.45, 7) is 2.82. The lowest BCUT2D eigenvalue weighted by molar-refractivity contribution is 0.687. The molecule has 0 aliphatic heterocycles. The van der Waals surface area contributed by atoms with Crippen molar-refractivity contribution in [1.82, 2.24) is 15.3 Å². The molecule has 0 atom stereocenters. The Kier molecular flexibility index (Phi) is 4.24. The monoisotopic (exact) mass is 305 g/mol. The summed E-state index contributed by atoms with van der Waals surface area (Å²) in [5.74, 6) is 0. The van der Waals surface area contributed by atoms with E-state index in [1.54, 1.807) is 0 Å². The van der Waals surface area contributed by atoms with Gasteiger partial charge in [0.1, 0.15) is 0 Å². The summed E-state index contributed by atoms with van der Waals surface area (Å²) in [4.78, 5) is 9.64. The molecule has 3 rings (SSSR count). The fourth-order valence-electron chi connectivity index (χ4n) is 1.82. The van der Waals surface area contributed by atoms with Crippen molar-refractivity contribution in [3.05, 3.63) is 46.7 Å². The Morgan fingerprint density at radius 2 is 2.05 bits per heavy atom. The first kappa shape index (κ1) is 13.9. The first-order chi connectivity index (χ1) is 9.70. The van der Waals surface area contributed by atoms with Crippen molar-refractivity contribution in [1.29, 1.82) is 0 Å². The molecule has 0 unspecified atom stereocenters. The van der Waals surface area contributed by atoms with Crippen molar-refractivity contribution in [2.45, 2.75) is 42.4 Å². The summed E-state index contributed by atoms with van der Waals surface area (Å²) < 4.78 is 0. The Bertz CT molecular complexity index is 597. The Morgan fingerprint density at radius 1 is 1.30 bits per heavy atom. The van der Waals surface area contributed by atoms with E-state index in [1.807, 2.05) is 25.4 Å². The predicted octanol–water partition coefficient (Wildman–Crippen LogP) is 3.84. The van der Waals surface area contributed by atoms with E-state index in [1.165, 1.54) is 24.6 Å². The highest BCUT2D eigenvalue weighted by molar-refractivity contribution is 7.99. The molecule has 1 aromatic carbocycles. The second kappa shape index (κ2) is 6.12. The van der Waals surface area contributed by atoms with Gasteiger partial charge in [0.25, 0.3) is 0 Å². The topological polar surface area (TPSA) is 37.8 Å². The second-order valence-electron chi connectivity index (χ2n) is 5.05. The van der Waals surface area contributed by atoms with Gasteiger partial charge in [-0.3, -0.25) is 0 Å². The summed E-state index contributed by atoms with van der Waals surface area (Å²) in [7, 11) is 0. The molecular formula is C15H16ClN3S. The number of nitrogens with one attached hydrogen (secondary N) is 1. The summed E-state index contributed by atoms with van der Waals surface area (Å²) in [5, 5.41) is 5.02. The Hall–Kier alpha value is -1.10. The van der Waals surface area contributed by atoms with Gasteiger partial charge in [-0.2, -0.15) is 0 Å². The summed E-state index contributed by atoms with van der Waals surface area (Å²) in [6.07, 6.45) is 6.22. The maximum Gasteiger partial charge on any atom is 0.192 e. The molecular weight excluding hydrogens is 290 g/mol. The number of nitrogens with zero attached hydrogens (tertiary/aromatic N) is 2. The highest BCUT2D eigenvalue weighted by atomic mass is 35.5. The molecule has 1 heterocycles. The van der Waals surface area contributed by atoms with E-state index in [4.69, 9.17) is 11.6 Å². The average Bonchev–Trinajstić information content (AvgIpc) is 3.25. The van der Waals surface area contributed by atoms with Gasteiger partial charge in [-0.15, -0.1) is 0 Å². The molecule has 3 nitrogen and oxygen atoms in total. The average molecular weight is 306 g/mol. The smallest absolute Gasteiger partial charge is 0.192 e. The number of hydrogen-bond donors (Lipinski definition) is 1. The van der Waals surface area contributed by atoms with Gasteiger partial charge in [-0.1, -0.05) is 17.7 Å².